The lowest BCUT2D eigenvalue weighted by atomic mass is 9.92. The van der Waals surface area contributed by atoms with Crippen LogP contribution < -0.4 is 5.32 Å². The number of aliphatic hydroxyl groups is 2. The second-order valence-electron chi connectivity index (χ2n) is 11.6. The molecule has 2 aliphatic heterocycles. The van der Waals surface area contributed by atoms with Gasteiger partial charge in [-0.3, -0.25) is 14.9 Å². The molecule has 0 aromatic heterocycles. The smallest absolute Gasteiger partial charge is 0.412 e. The lowest BCUT2D eigenvalue weighted by molar-refractivity contribution is -0.294. The van der Waals surface area contributed by atoms with Gasteiger partial charge in [0.05, 0.1) is 18.4 Å². The highest BCUT2D eigenvalue weighted by atomic mass is 79.9. The molecule has 10 nitrogen and oxygen atoms in total. The summed E-state index contributed by atoms with van der Waals surface area (Å²) in [6, 6.07) is 21.8. The van der Waals surface area contributed by atoms with Crippen LogP contribution in [0.5, 0.6) is 0 Å². The van der Waals surface area contributed by atoms with Crippen LogP contribution in [0.3, 0.4) is 0 Å². The maximum atomic E-state index is 13.9. The molecule has 3 aromatic carbocycles. The summed E-state index contributed by atoms with van der Waals surface area (Å²) >= 11 is 10.3. The molecule has 1 saturated heterocycles. The Balaban J connectivity index is 1.48. The second-order valence-corrected chi connectivity index (χ2v) is 14.3. The molecule has 3 N–H and O–H groups in total. The summed E-state index contributed by atoms with van der Waals surface area (Å²) in [4.78, 5) is 40.7. The average molecular weight is 852 g/mol. The predicted molar refractivity (Wildman–Crippen MR) is 187 cm³/mol. The van der Waals surface area contributed by atoms with Crippen LogP contribution in [0.15, 0.2) is 98.4 Å². The summed E-state index contributed by atoms with van der Waals surface area (Å²) in [6.07, 6.45) is -3.66. The van der Waals surface area contributed by atoms with E-state index in [1.807, 2.05) is 60.7 Å². The number of carbonyl (C=O) groups excluding carboxylic acids is 3. The van der Waals surface area contributed by atoms with Gasteiger partial charge in [-0.1, -0.05) is 84.2 Å². The zero-order chi connectivity index (χ0) is 34.2. The number of allylic oxidation sites excluding steroid dienone is 2. The van der Waals surface area contributed by atoms with Crippen molar-refractivity contribution in [3.63, 3.8) is 0 Å². The van der Waals surface area contributed by atoms with Crippen molar-refractivity contribution in [2.75, 3.05) is 11.9 Å². The third kappa shape index (κ3) is 9.76. The Kier molecular flexibility index (Phi) is 12.9. The molecule has 2 aliphatic rings. The number of esters is 2. The van der Waals surface area contributed by atoms with Crippen molar-refractivity contribution in [1.29, 1.82) is 0 Å². The number of aliphatic hydroxyl groups excluding tert-OH is 2. The minimum atomic E-state index is -1.80. The summed E-state index contributed by atoms with van der Waals surface area (Å²) in [5.74, 6) is -2.68. The minimum absolute atomic E-state index is 0.291. The molecule has 254 valence electrons. The monoisotopic (exact) mass is 849 g/mol. The molecule has 3 aromatic rings. The van der Waals surface area contributed by atoms with Crippen LogP contribution >= 0.6 is 47.8 Å². The van der Waals surface area contributed by atoms with Crippen LogP contribution in [-0.2, 0) is 41.4 Å². The van der Waals surface area contributed by atoms with Crippen molar-refractivity contribution in [3.8, 4) is 0 Å². The minimum Gasteiger partial charge on any atom is -0.454 e. The molecule has 0 unspecified atom stereocenters. The van der Waals surface area contributed by atoms with E-state index in [2.05, 4.69) is 53.1 Å². The highest BCUT2D eigenvalue weighted by Crippen LogP contribution is 2.32. The molecule has 13 heteroatoms. The van der Waals surface area contributed by atoms with Gasteiger partial charge in [-0.25, -0.2) is 4.79 Å². The van der Waals surface area contributed by atoms with Crippen molar-refractivity contribution in [2.45, 2.75) is 56.4 Å². The Hall–Kier alpha value is -3.07. The quantitative estimate of drug-likeness (QED) is 0.138. The van der Waals surface area contributed by atoms with E-state index in [9.17, 15) is 24.6 Å². The molecule has 2 heterocycles. The molecule has 1 amide bonds. The van der Waals surface area contributed by atoms with Gasteiger partial charge in [-0.05, 0) is 85.3 Å². The van der Waals surface area contributed by atoms with Gasteiger partial charge in [-0.15, -0.1) is 0 Å². The van der Waals surface area contributed by atoms with E-state index in [0.717, 1.165) is 24.5 Å². The topological polar surface area (TPSA) is 141 Å². The fourth-order valence-corrected chi connectivity index (χ4v) is 6.81. The number of halogens is 3. The lowest BCUT2D eigenvalue weighted by Crippen LogP contribution is -2.63. The van der Waals surface area contributed by atoms with Crippen LogP contribution in [0, 0.1) is 11.8 Å². The van der Waals surface area contributed by atoms with Gasteiger partial charge in [0.15, 0.2) is 24.6 Å². The molecular formula is C35H34Br3NO9. The van der Waals surface area contributed by atoms with E-state index in [4.69, 9.17) is 18.9 Å². The first-order valence-corrected chi connectivity index (χ1v) is 17.7. The zero-order valence-electron chi connectivity index (χ0n) is 25.5. The first-order valence-electron chi connectivity index (χ1n) is 15.3. The summed E-state index contributed by atoms with van der Waals surface area (Å²) in [6.45, 7) is -0.697. The third-order valence-electron chi connectivity index (χ3n) is 8.04. The fraction of sp³-hybridized carbons (Fsp3) is 0.343. The van der Waals surface area contributed by atoms with Crippen molar-refractivity contribution in [2.24, 2.45) is 11.8 Å². The lowest BCUT2D eigenvalue weighted by Gasteiger charge is -2.43. The average Bonchev–Trinajstić information content (AvgIpc) is 3.05. The molecule has 0 aliphatic carbocycles. The van der Waals surface area contributed by atoms with Gasteiger partial charge < -0.3 is 29.2 Å². The second kappa shape index (κ2) is 17.0. The van der Waals surface area contributed by atoms with Crippen molar-refractivity contribution in [1.82, 2.24) is 0 Å². The van der Waals surface area contributed by atoms with Gasteiger partial charge in [0.1, 0.15) is 6.10 Å². The summed E-state index contributed by atoms with van der Waals surface area (Å²) in [5, 5.41) is 23.9. The maximum absolute atomic E-state index is 13.9. The van der Waals surface area contributed by atoms with E-state index in [-0.39, 0.29) is 0 Å². The molecule has 0 spiro atoms. The molecule has 0 saturated carbocycles. The normalized spacial score (nSPS) is 26.9. The van der Waals surface area contributed by atoms with Gasteiger partial charge in [0.25, 0.3) is 0 Å². The zero-order valence-corrected chi connectivity index (χ0v) is 30.3. The number of ether oxygens (including phenoxy) is 4. The van der Waals surface area contributed by atoms with Crippen LogP contribution in [0.2, 0.25) is 0 Å². The molecule has 0 radical (unpaired) electrons. The number of nitrogens with one attached hydrogen (secondary N) is 1. The molecule has 5 rings (SSSR count). The Morgan fingerprint density at radius 3 is 1.85 bits per heavy atom. The van der Waals surface area contributed by atoms with Crippen molar-refractivity contribution >= 4 is 71.5 Å². The number of hydrogen-bond donors (Lipinski definition) is 3. The van der Waals surface area contributed by atoms with E-state index in [1.54, 1.807) is 24.3 Å². The number of benzene rings is 3. The van der Waals surface area contributed by atoms with Crippen molar-refractivity contribution < 1.29 is 43.5 Å². The largest absolute Gasteiger partial charge is 0.454 e. The summed E-state index contributed by atoms with van der Waals surface area (Å²) < 4.78 is 25.7. The number of carbonyl (C=O) groups is 3. The Bertz CT molecular complexity index is 1620. The standard InChI is InChI=1S/C35H34Br3NO9/c36-24-11-13-27(14-12-24)39-35(44)48-29-28(19-40)45-34(43)31-30(29)46-32(41)22(15-20-5-3-9-25(37)17-20)7-1-2-8-23(33(42)47-31)16-21-6-4-10-26(38)18-21/h1-6,9-14,17-18,22-23,28-31,34,40,43H,7-8,15-16,19H2,(H,39,44)/b2-1+/t22-,23-,28+,29+,30-,31+,34-/m0/s1. The van der Waals surface area contributed by atoms with E-state index < -0.39 is 67.2 Å². The fourth-order valence-electron chi connectivity index (χ4n) is 5.65. The summed E-state index contributed by atoms with van der Waals surface area (Å²) in [7, 11) is 0. The number of amides is 1. The Morgan fingerprint density at radius 1 is 0.792 bits per heavy atom. The van der Waals surface area contributed by atoms with Crippen LogP contribution in [0.25, 0.3) is 0 Å². The predicted octanol–water partition coefficient (Wildman–Crippen LogP) is 6.49. The highest BCUT2D eigenvalue weighted by Gasteiger charge is 2.52. The number of anilines is 1. The number of rotatable bonds is 7. The Labute approximate surface area is 303 Å². The molecule has 0 bridgehead atoms. The van der Waals surface area contributed by atoms with E-state index >= 15 is 0 Å². The maximum Gasteiger partial charge on any atom is 0.412 e. The number of fused-ring (bicyclic) bond motifs is 1. The molecule has 48 heavy (non-hydrogen) atoms. The summed E-state index contributed by atoms with van der Waals surface area (Å²) in [5.41, 5.74) is 2.17. The highest BCUT2D eigenvalue weighted by molar-refractivity contribution is 9.11. The number of hydrogen-bond acceptors (Lipinski definition) is 9. The van der Waals surface area contributed by atoms with Gasteiger partial charge >= 0.3 is 18.0 Å². The first-order chi connectivity index (χ1) is 23.1. The molecule has 1 fully saturated rings. The molecule has 7 atom stereocenters. The van der Waals surface area contributed by atoms with Crippen LogP contribution in [0.1, 0.15) is 24.0 Å². The SMILES string of the molecule is O=C(Nc1ccc(Br)cc1)O[C@H]1[C@@H]2OC(=O)[C@H](Cc3cccc(Br)c3)C/C=C/C[C@@H](Cc3cccc(Br)c3)C(=O)O[C@H]2[C@@H](O)O[C@@H]1CO. The van der Waals surface area contributed by atoms with E-state index in [0.29, 0.717) is 31.4 Å². The van der Waals surface area contributed by atoms with Gasteiger partial charge in [0, 0.05) is 19.1 Å². The van der Waals surface area contributed by atoms with Gasteiger partial charge in [-0.2, -0.15) is 0 Å². The van der Waals surface area contributed by atoms with Crippen molar-refractivity contribution in [3.05, 3.63) is 109 Å². The van der Waals surface area contributed by atoms with Crippen LogP contribution in [0.4, 0.5) is 10.5 Å². The molecular weight excluding hydrogens is 818 g/mol. The third-order valence-corrected chi connectivity index (χ3v) is 9.56. The van der Waals surface area contributed by atoms with Gasteiger partial charge in [0.2, 0.25) is 0 Å². The van der Waals surface area contributed by atoms with E-state index in [1.165, 1.54) is 0 Å². The van der Waals surface area contributed by atoms with Crippen LogP contribution in [-0.4, -0.2) is 65.6 Å². The Morgan fingerprint density at radius 2 is 1.33 bits per heavy atom. The first kappa shape index (κ1) is 36.2.